The predicted octanol–water partition coefficient (Wildman–Crippen LogP) is 16.0. The number of nitrogens with zero attached hydrogens (tertiary/aromatic N) is 4. The Morgan fingerprint density at radius 1 is 0.400 bits per heavy atom. The van der Waals surface area contributed by atoms with Gasteiger partial charge in [-0.2, -0.15) is 9.97 Å². The number of aromatic nitrogens is 3. The van der Waals surface area contributed by atoms with E-state index in [1.165, 1.54) is 86.9 Å². The van der Waals surface area contributed by atoms with Gasteiger partial charge in [0.25, 0.3) is 0 Å². The zero-order valence-electron chi connectivity index (χ0n) is 37.4. The van der Waals surface area contributed by atoms with Gasteiger partial charge in [-0.1, -0.05) is 169 Å². The summed E-state index contributed by atoms with van der Waals surface area (Å²) in [5.41, 5.74) is 18.7. The Bertz CT molecular complexity index is 3660. The molecule has 0 unspecified atom stereocenters. The molecule has 3 aliphatic carbocycles. The van der Waals surface area contributed by atoms with Crippen molar-refractivity contribution in [3.8, 4) is 56.2 Å². The Labute approximate surface area is 384 Å². The van der Waals surface area contributed by atoms with Gasteiger partial charge in [-0.15, -0.1) is 11.3 Å². The highest BCUT2D eigenvalue weighted by Crippen LogP contribution is 2.56. The molecule has 0 saturated carbocycles. The first-order valence-electron chi connectivity index (χ1n) is 22.7. The van der Waals surface area contributed by atoms with Gasteiger partial charge in [0.05, 0.1) is 5.69 Å². The van der Waals surface area contributed by atoms with Crippen LogP contribution in [0.15, 0.2) is 170 Å². The number of hydrogen-bond acceptors (Lipinski definition) is 5. The summed E-state index contributed by atoms with van der Waals surface area (Å²) in [6.07, 6.45) is 0. The summed E-state index contributed by atoms with van der Waals surface area (Å²) in [5.74, 6) is 1.88. The van der Waals surface area contributed by atoms with Crippen LogP contribution in [0.3, 0.4) is 0 Å². The van der Waals surface area contributed by atoms with Gasteiger partial charge in [-0.25, -0.2) is 4.98 Å². The van der Waals surface area contributed by atoms with Crippen molar-refractivity contribution in [1.29, 1.82) is 0 Å². The summed E-state index contributed by atoms with van der Waals surface area (Å²) in [4.78, 5) is 19.1. The van der Waals surface area contributed by atoms with Gasteiger partial charge in [0, 0.05) is 58.8 Å². The van der Waals surface area contributed by atoms with Crippen molar-refractivity contribution >= 4 is 48.8 Å². The van der Waals surface area contributed by atoms with Crippen LogP contribution in [-0.2, 0) is 16.2 Å². The van der Waals surface area contributed by atoms with Crippen LogP contribution < -0.4 is 4.90 Å². The van der Waals surface area contributed by atoms with Gasteiger partial charge in [0.15, 0.2) is 11.6 Å². The lowest BCUT2D eigenvalue weighted by Gasteiger charge is -2.29. The Morgan fingerprint density at radius 2 is 0.969 bits per heavy atom. The van der Waals surface area contributed by atoms with Crippen molar-refractivity contribution in [2.24, 2.45) is 0 Å². The Kier molecular flexibility index (Phi) is 7.90. The third-order valence-electron chi connectivity index (χ3n) is 14.9. The molecule has 4 nitrogen and oxygen atoms in total. The fourth-order valence-electron chi connectivity index (χ4n) is 11.7. The van der Waals surface area contributed by atoms with Crippen LogP contribution in [0.5, 0.6) is 0 Å². The average molecular weight is 855 g/mol. The SMILES string of the molecule is CC1(C)c2ccccc2-c2ccc(N(c3nc(-c4ccc5sc6ccccc6c5c4)nc(-c4cccc5c4C(C)(C)c4ccccc4-5)n3)c3cccc4c3-c3ccccc3C4(C)C)cc21. The second kappa shape index (κ2) is 13.4. The molecule has 65 heavy (non-hydrogen) atoms. The van der Waals surface area contributed by atoms with E-state index in [9.17, 15) is 0 Å². The molecule has 0 atom stereocenters. The predicted molar refractivity (Wildman–Crippen MR) is 271 cm³/mol. The Balaban J connectivity index is 1.11. The summed E-state index contributed by atoms with van der Waals surface area (Å²) >= 11 is 1.82. The molecule has 312 valence electrons. The minimum atomic E-state index is -0.278. The fourth-order valence-corrected chi connectivity index (χ4v) is 12.8. The third kappa shape index (κ3) is 5.33. The number of anilines is 3. The van der Waals surface area contributed by atoms with E-state index >= 15 is 0 Å². The summed E-state index contributed by atoms with van der Waals surface area (Å²) in [6, 6.07) is 62.4. The van der Waals surface area contributed by atoms with Crippen molar-refractivity contribution < 1.29 is 0 Å². The van der Waals surface area contributed by atoms with Crippen molar-refractivity contribution in [2.75, 3.05) is 4.90 Å². The topological polar surface area (TPSA) is 41.9 Å². The van der Waals surface area contributed by atoms with Gasteiger partial charge >= 0.3 is 0 Å². The molecule has 0 N–H and O–H groups in total. The number of rotatable bonds is 5. The Hall–Kier alpha value is -7.21. The number of thiophene rings is 1. The molecular weight excluding hydrogens is 809 g/mol. The van der Waals surface area contributed by atoms with E-state index in [0.717, 1.165) is 22.5 Å². The normalized spacial score (nSPS) is 15.3. The van der Waals surface area contributed by atoms with E-state index in [1.54, 1.807) is 0 Å². The molecule has 2 heterocycles. The van der Waals surface area contributed by atoms with E-state index in [1.807, 2.05) is 11.3 Å². The van der Waals surface area contributed by atoms with Crippen LogP contribution in [0.25, 0.3) is 76.3 Å². The number of fused-ring (bicyclic) bond motifs is 12. The van der Waals surface area contributed by atoms with Gasteiger partial charge < -0.3 is 0 Å². The molecule has 0 aliphatic heterocycles. The molecule has 13 rings (SSSR count). The molecule has 2 aromatic heterocycles. The molecule has 3 aliphatic rings. The highest BCUT2D eigenvalue weighted by molar-refractivity contribution is 7.25. The van der Waals surface area contributed by atoms with Crippen molar-refractivity contribution in [1.82, 2.24) is 15.0 Å². The second-order valence-corrected chi connectivity index (χ2v) is 20.7. The summed E-state index contributed by atoms with van der Waals surface area (Å²) < 4.78 is 2.52. The first kappa shape index (κ1) is 38.3. The summed E-state index contributed by atoms with van der Waals surface area (Å²) in [5, 5.41) is 2.45. The smallest absolute Gasteiger partial charge is 0.238 e. The largest absolute Gasteiger partial charge is 0.278 e. The van der Waals surface area contributed by atoms with Crippen molar-refractivity contribution in [3.63, 3.8) is 0 Å². The van der Waals surface area contributed by atoms with E-state index in [-0.39, 0.29) is 16.2 Å². The van der Waals surface area contributed by atoms with Crippen molar-refractivity contribution in [3.05, 3.63) is 203 Å². The molecule has 0 bridgehead atoms. The standard InChI is InChI=1S/C60H46N4S/c1-58(2)47-25-13-9-20-42(47)53-48(58)26-16-27-50(53)64(36-30-31-39-37-17-7-11-23-45(37)59(3,4)49(39)34-36)57-62-55(35-29-32-52-44(33-35)40-19-10-14-28-51(40)65-52)61-56(63-57)43-22-15-21-41-38-18-8-12-24-46(38)60(5,6)54(41)43/h7-34H,1-6H3. The van der Waals surface area contributed by atoms with E-state index < -0.39 is 0 Å². The summed E-state index contributed by atoms with van der Waals surface area (Å²) in [7, 11) is 0. The van der Waals surface area contributed by atoms with Gasteiger partial charge in [0.1, 0.15) is 0 Å². The van der Waals surface area contributed by atoms with Crippen LogP contribution in [0.1, 0.15) is 74.9 Å². The quantitative estimate of drug-likeness (QED) is 0.173. The lowest BCUT2D eigenvalue weighted by atomic mass is 9.80. The minimum Gasteiger partial charge on any atom is -0.278 e. The average Bonchev–Trinajstić information content (AvgIpc) is 3.98. The highest BCUT2D eigenvalue weighted by Gasteiger charge is 2.41. The van der Waals surface area contributed by atoms with Gasteiger partial charge in [0.2, 0.25) is 5.95 Å². The van der Waals surface area contributed by atoms with E-state index in [2.05, 4.69) is 216 Å². The van der Waals surface area contributed by atoms with E-state index in [4.69, 9.17) is 15.0 Å². The van der Waals surface area contributed by atoms with Crippen LogP contribution in [0.4, 0.5) is 17.3 Å². The fraction of sp³-hybridized carbons (Fsp3) is 0.150. The number of hydrogen-bond donors (Lipinski definition) is 0. The lowest BCUT2D eigenvalue weighted by Crippen LogP contribution is -2.20. The molecular formula is C60H46N4S. The Morgan fingerprint density at radius 3 is 1.77 bits per heavy atom. The first-order chi connectivity index (χ1) is 31.5. The van der Waals surface area contributed by atoms with Crippen molar-refractivity contribution in [2.45, 2.75) is 57.8 Å². The lowest BCUT2D eigenvalue weighted by molar-refractivity contribution is 0.660. The molecule has 10 aromatic rings. The zero-order chi connectivity index (χ0) is 44.0. The zero-order valence-corrected chi connectivity index (χ0v) is 38.2. The molecule has 0 spiro atoms. The maximum atomic E-state index is 5.68. The third-order valence-corrected chi connectivity index (χ3v) is 16.1. The van der Waals surface area contributed by atoms with E-state index in [0.29, 0.717) is 17.6 Å². The van der Waals surface area contributed by atoms with Gasteiger partial charge in [-0.05, 0) is 104 Å². The minimum absolute atomic E-state index is 0.200. The molecule has 0 fully saturated rings. The first-order valence-corrected chi connectivity index (χ1v) is 23.5. The molecule has 0 saturated heterocycles. The van der Waals surface area contributed by atoms with Crippen LogP contribution in [-0.4, -0.2) is 15.0 Å². The molecule has 0 radical (unpaired) electrons. The molecule has 5 heteroatoms. The molecule has 0 amide bonds. The molecule has 8 aromatic carbocycles. The highest BCUT2D eigenvalue weighted by atomic mass is 32.1. The number of benzene rings is 8. The maximum Gasteiger partial charge on any atom is 0.238 e. The van der Waals surface area contributed by atoms with Crippen LogP contribution >= 0.6 is 11.3 Å². The monoisotopic (exact) mass is 854 g/mol. The van der Waals surface area contributed by atoms with Crippen LogP contribution in [0.2, 0.25) is 0 Å². The maximum absolute atomic E-state index is 5.68. The van der Waals surface area contributed by atoms with Gasteiger partial charge in [-0.3, -0.25) is 4.90 Å². The van der Waals surface area contributed by atoms with Crippen LogP contribution in [0, 0.1) is 0 Å². The second-order valence-electron chi connectivity index (χ2n) is 19.6. The summed E-state index contributed by atoms with van der Waals surface area (Å²) in [6.45, 7) is 14.1.